The second-order valence-electron chi connectivity index (χ2n) is 9.36. The Bertz CT molecular complexity index is 1190. The van der Waals surface area contributed by atoms with Crippen molar-refractivity contribution in [3.8, 4) is 11.3 Å². The van der Waals surface area contributed by atoms with E-state index in [1.165, 1.54) is 6.07 Å². The number of rotatable bonds is 4. The third-order valence-electron chi connectivity index (χ3n) is 6.92. The minimum atomic E-state index is -0.204. The summed E-state index contributed by atoms with van der Waals surface area (Å²) in [7, 11) is 0. The molecule has 0 bridgehead atoms. The summed E-state index contributed by atoms with van der Waals surface area (Å²) in [6.45, 7) is 9.55. The van der Waals surface area contributed by atoms with Crippen LogP contribution in [-0.2, 0) is 0 Å². The van der Waals surface area contributed by atoms with E-state index >= 15 is 0 Å². The number of pyridine rings is 1. The van der Waals surface area contributed by atoms with Gasteiger partial charge in [-0.15, -0.1) is 0 Å². The molecule has 0 saturated carbocycles. The van der Waals surface area contributed by atoms with Crippen molar-refractivity contribution in [1.82, 2.24) is 15.0 Å². The summed E-state index contributed by atoms with van der Waals surface area (Å²) < 4.78 is 13.9. The van der Waals surface area contributed by atoms with Crippen molar-refractivity contribution in [2.75, 3.05) is 40.9 Å². The molecule has 2 aromatic heterocycles. The van der Waals surface area contributed by atoms with E-state index in [4.69, 9.17) is 21.6 Å². The molecule has 1 aromatic carbocycles. The number of piperazine rings is 1. The molecule has 2 saturated heterocycles. The molecule has 0 aliphatic carbocycles. The summed E-state index contributed by atoms with van der Waals surface area (Å²) in [5.41, 5.74) is 2.34. The van der Waals surface area contributed by atoms with Crippen LogP contribution >= 0.6 is 11.6 Å². The van der Waals surface area contributed by atoms with Gasteiger partial charge in [0.25, 0.3) is 0 Å². The van der Waals surface area contributed by atoms with E-state index in [-0.39, 0.29) is 11.9 Å². The lowest BCUT2D eigenvalue weighted by Crippen LogP contribution is -2.52. The van der Waals surface area contributed by atoms with E-state index in [1.807, 2.05) is 24.3 Å². The topological polar surface area (TPSA) is 48.4 Å². The summed E-state index contributed by atoms with van der Waals surface area (Å²) in [5.74, 6) is 2.28. The first-order valence-electron chi connectivity index (χ1n) is 11.9. The minimum Gasteiger partial charge on any atom is -0.352 e. The van der Waals surface area contributed by atoms with E-state index in [9.17, 15) is 4.39 Å². The highest BCUT2D eigenvalue weighted by Gasteiger charge is 2.29. The highest BCUT2D eigenvalue weighted by molar-refractivity contribution is 6.32. The third kappa shape index (κ3) is 4.41. The van der Waals surface area contributed by atoms with Crippen LogP contribution in [0.2, 0.25) is 5.02 Å². The van der Waals surface area contributed by atoms with E-state index in [1.54, 1.807) is 19.2 Å². The van der Waals surface area contributed by atoms with E-state index in [0.29, 0.717) is 16.6 Å². The summed E-state index contributed by atoms with van der Waals surface area (Å²) >= 11 is 6.41. The van der Waals surface area contributed by atoms with Crippen LogP contribution in [0, 0.1) is 12.7 Å². The molecular weight excluding hydrogens is 451 g/mol. The quantitative estimate of drug-likeness (QED) is 0.502. The molecular formula is C26H30ClFN6. The number of aryl methyl sites for hydroxylation is 1. The lowest BCUT2D eigenvalue weighted by molar-refractivity contribution is 0.542. The minimum absolute atomic E-state index is 0.202. The lowest BCUT2D eigenvalue weighted by Gasteiger charge is -2.41. The van der Waals surface area contributed by atoms with Crippen LogP contribution in [-0.4, -0.2) is 53.2 Å². The van der Waals surface area contributed by atoms with Crippen molar-refractivity contribution in [2.24, 2.45) is 0 Å². The smallest absolute Gasteiger partial charge is 0.228 e. The van der Waals surface area contributed by atoms with Gasteiger partial charge in [0.15, 0.2) is 0 Å². The Balaban J connectivity index is 1.49. The Hall–Kier alpha value is -2.93. The van der Waals surface area contributed by atoms with Crippen molar-refractivity contribution in [2.45, 2.75) is 45.7 Å². The van der Waals surface area contributed by atoms with Gasteiger partial charge in [0.05, 0.1) is 10.7 Å². The molecule has 2 unspecified atom stereocenters. The largest absolute Gasteiger partial charge is 0.352 e. The van der Waals surface area contributed by atoms with Crippen LogP contribution < -0.4 is 14.7 Å². The number of aromatic nitrogens is 3. The monoisotopic (exact) mass is 480 g/mol. The molecule has 8 heteroatoms. The van der Waals surface area contributed by atoms with Crippen molar-refractivity contribution < 1.29 is 4.39 Å². The van der Waals surface area contributed by atoms with Gasteiger partial charge in [-0.1, -0.05) is 11.6 Å². The maximum Gasteiger partial charge on any atom is 0.228 e. The van der Waals surface area contributed by atoms with Gasteiger partial charge in [0.2, 0.25) is 5.95 Å². The first kappa shape index (κ1) is 22.8. The first-order valence-corrected chi connectivity index (χ1v) is 12.3. The summed E-state index contributed by atoms with van der Waals surface area (Å²) in [5, 5.41) is 0.671. The van der Waals surface area contributed by atoms with Gasteiger partial charge in [-0.2, -0.15) is 4.98 Å². The standard InChI is InChI=1S/C26H30ClFN6/c1-17-14-20(8-9-22(17)28)23-15-24(31-26(30-23)34-11-5-6-18(34)2)33-13-12-32(16-19(33)3)25-21(27)7-4-10-29-25/h4,7-10,14-15,18-19H,5-6,11-13,16H2,1-3H3. The average Bonchev–Trinajstić information content (AvgIpc) is 3.26. The molecule has 0 radical (unpaired) electrons. The molecule has 2 aliphatic heterocycles. The SMILES string of the molecule is Cc1cc(-c2cc(N3CCN(c4ncccc4Cl)CC3C)nc(N3CCCC3C)n2)ccc1F. The number of anilines is 3. The van der Waals surface area contributed by atoms with Gasteiger partial charge in [0, 0.05) is 56.1 Å². The highest BCUT2D eigenvalue weighted by atomic mass is 35.5. The zero-order valence-corrected chi connectivity index (χ0v) is 20.6. The van der Waals surface area contributed by atoms with Crippen molar-refractivity contribution in [3.63, 3.8) is 0 Å². The number of nitrogens with zero attached hydrogens (tertiary/aromatic N) is 6. The normalized spacial score (nSPS) is 20.8. The zero-order valence-electron chi connectivity index (χ0n) is 19.9. The molecule has 0 N–H and O–H groups in total. The lowest BCUT2D eigenvalue weighted by atomic mass is 10.1. The van der Waals surface area contributed by atoms with Gasteiger partial charge in [-0.05, 0) is 69.5 Å². The Labute approximate surface area is 205 Å². The fourth-order valence-electron chi connectivity index (χ4n) is 4.98. The summed E-state index contributed by atoms with van der Waals surface area (Å²) in [6.07, 6.45) is 4.06. The molecule has 6 nitrogen and oxygen atoms in total. The van der Waals surface area contributed by atoms with Gasteiger partial charge < -0.3 is 14.7 Å². The van der Waals surface area contributed by atoms with Crippen molar-refractivity contribution in [1.29, 1.82) is 0 Å². The van der Waals surface area contributed by atoms with Gasteiger partial charge in [-0.25, -0.2) is 14.4 Å². The number of hydrogen-bond acceptors (Lipinski definition) is 6. The Morgan fingerprint density at radius 1 is 1.00 bits per heavy atom. The maximum absolute atomic E-state index is 13.9. The molecule has 178 valence electrons. The van der Waals surface area contributed by atoms with Gasteiger partial charge in [-0.3, -0.25) is 0 Å². The summed E-state index contributed by atoms with van der Waals surface area (Å²) in [6, 6.07) is 11.6. The van der Waals surface area contributed by atoms with E-state index in [2.05, 4.69) is 33.5 Å². The second-order valence-corrected chi connectivity index (χ2v) is 9.76. The average molecular weight is 481 g/mol. The third-order valence-corrected chi connectivity index (χ3v) is 7.22. The van der Waals surface area contributed by atoms with Crippen LogP contribution in [0.4, 0.5) is 22.0 Å². The van der Waals surface area contributed by atoms with Crippen LogP contribution in [0.3, 0.4) is 0 Å². The molecule has 4 heterocycles. The molecule has 5 rings (SSSR count). The fourth-order valence-corrected chi connectivity index (χ4v) is 5.22. The molecule has 2 atom stereocenters. The van der Waals surface area contributed by atoms with E-state index < -0.39 is 0 Å². The zero-order chi connectivity index (χ0) is 23.8. The Morgan fingerprint density at radius 2 is 1.85 bits per heavy atom. The number of hydrogen-bond donors (Lipinski definition) is 0. The predicted octanol–water partition coefficient (Wildman–Crippen LogP) is 5.34. The Morgan fingerprint density at radius 3 is 2.56 bits per heavy atom. The van der Waals surface area contributed by atoms with Crippen LogP contribution in [0.5, 0.6) is 0 Å². The van der Waals surface area contributed by atoms with E-state index in [0.717, 1.165) is 67.9 Å². The number of halogens is 2. The molecule has 0 amide bonds. The molecule has 2 aliphatic rings. The highest BCUT2D eigenvalue weighted by Crippen LogP contribution is 2.32. The van der Waals surface area contributed by atoms with Gasteiger partial charge >= 0.3 is 0 Å². The summed E-state index contributed by atoms with van der Waals surface area (Å²) in [4.78, 5) is 21.3. The van der Waals surface area contributed by atoms with Crippen molar-refractivity contribution >= 4 is 29.2 Å². The van der Waals surface area contributed by atoms with Crippen LogP contribution in [0.25, 0.3) is 11.3 Å². The van der Waals surface area contributed by atoms with Crippen LogP contribution in [0.15, 0.2) is 42.6 Å². The molecule has 34 heavy (non-hydrogen) atoms. The molecule has 2 fully saturated rings. The fraction of sp³-hybridized carbons (Fsp3) is 0.423. The van der Waals surface area contributed by atoms with Crippen LogP contribution in [0.1, 0.15) is 32.3 Å². The van der Waals surface area contributed by atoms with Crippen molar-refractivity contribution in [3.05, 3.63) is 59.0 Å². The Kier molecular flexibility index (Phi) is 6.30. The van der Waals surface area contributed by atoms with Gasteiger partial charge in [0.1, 0.15) is 17.5 Å². The number of benzene rings is 1. The second kappa shape index (κ2) is 9.37. The maximum atomic E-state index is 13.9. The molecule has 3 aromatic rings. The first-order chi connectivity index (χ1) is 16.4. The molecule has 0 spiro atoms. The predicted molar refractivity (Wildman–Crippen MR) is 136 cm³/mol.